The highest BCUT2D eigenvalue weighted by atomic mass is 19.1. The zero-order valence-electron chi connectivity index (χ0n) is 16.4. The third-order valence-electron chi connectivity index (χ3n) is 5.87. The molecule has 3 heterocycles. The standard InChI is InChI=1S/C20H24FN5O2/c1-13-16(19(27)24(3)20(28)23(13)2)11-25-8-4-5-15(10-25)26-12-22-17-9-14(21)6-7-18(17)26/h6-7,9,12,15H,4-5,8,10-11H2,1-3H3. The van der Waals surface area contributed by atoms with Crippen molar-refractivity contribution < 1.29 is 4.39 Å². The highest BCUT2D eigenvalue weighted by Crippen LogP contribution is 2.26. The number of fused-ring (bicyclic) bond motifs is 1. The van der Waals surface area contributed by atoms with Crippen LogP contribution in [0.4, 0.5) is 4.39 Å². The first-order valence-corrected chi connectivity index (χ1v) is 9.46. The van der Waals surface area contributed by atoms with Crippen molar-refractivity contribution in [3.63, 3.8) is 0 Å². The first-order chi connectivity index (χ1) is 13.4. The molecule has 1 aliphatic rings. The number of aromatic nitrogens is 4. The highest BCUT2D eigenvalue weighted by molar-refractivity contribution is 5.75. The second-order valence-corrected chi connectivity index (χ2v) is 7.59. The fourth-order valence-electron chi connectivity index (χ4n) is 4.12. The molecule has 4 rings (SSSR count). The van der Waals surface area contributed by atoms with Gasteiger partial charge in [-0.3, -0.25) is 14.3 Å². The van der Waals surface area contributed by atoms with Crippen molar-refractivity contribution in [2.24, 2.45) is 14.1 Å². The molecular formula is C20H24FN5O2. The van der Waals surface area contributed by atoms with Gasteiger partial charge in [-0.1, -0.05) is 0 Å². The Balaban J connectivity index is 1.62. The quantitative estimate of drug-likeness (QED) is 0.689. The topological polar surface area (TPSA) is 65.1 Å². The number of rotatable bonds is 3. The molecule has 3 aromatic rings. The van der Waals surface area contributed by atoms with E-state index in [0.29, 0.717) is 23.3 Å². The van der Waals surface area contributed by atoms with Crippen LogP contribution in [0.15, 0.2) is 34.1 Å². The average molecular weight is 385 g/mol. The molecule has 0 aliphatic carbocycles. The molecular weight excluding hydrogens is 361 g/mol. The van der Waals surface area contributed by atoms with Gasteiger partial charge in [0.15, 0.2) is 0 Å². The van der Waals surface area contributed by atoms with E-state index in [2.05, 4.69) is 14.5 Å². The molecule has 0 amide bonds. The van der Waals surface area contributed by atoms with Gasteiger partial charge in [0.1, 0.15) is 5.82 Å². The third kappa shape index (κ3) is 3.07. The number of piperidine rings is 1. The Morgan fingerprint density at radius 3 is 2.79 bits per heavy atom. The monoisotopic (exact) mass is 385 g/mol. The van der Waals surface area contributed by atoms with Gasteiger partial charge in [-0.05, 0) is 38.4 Å². The molecule has 1 unspecified atom stereocenters. The summed E-state index contributed by atoms with van der Waals surface area (Å²) >= 11 is 0. The van der Waals surface area contributed by atoms with Gasteiger partial charge in [-0.15, -0.1) is 0 Å². The first kappa shape index (κ1) is 18.6. The normalized spacial score (nSPS) is 18.1. The van der Waals surface area contributed by atoms with Gasteiger partial charge in [0, 0.05) is 45.0 Å². The van der Waals surface area contributed by atoms with Crippen molar-refractivity contribution in [3.05, 3.63) is 62.4 Å². The Morgan fingerprint density at radius 2 is 2.00 bits per heavy atom. The summed E-state index contributed by atoms with van der Waals surface area (Å²) in [4.78, 5) is 31.3. The highest BCUT2D eigenvalue weighted by Gasteiger charge is 2.24. The van der Waals surface area contributed by atoms with Gasteiger partial charge in [0.05, 0.1) is 22.9 Å². The number of benzene rings is 1. The summed E-state index contributed by atoms with van der Waals surface area (Å²) in [6, 6.07) is 4.88. The number of likely N-dealkylation sites (tertiary alicyclic amines) is 1. The lowest BCUT2D eigenvalue weighted by Gasteiger charge is -2.34. The van der Waals surface area contributed by atoms with Gasteiger partial charge >= 0.3 is 5.69 Å². The number of hydrogen-bond donors (Lipinski definition) is 0. The molecule has 1 atom stereocenters. The lowest BCUT2D eigenvalue weighted by Crippen LogP contribution is -2.43. The van der Waals surface area contributed by atoms with Gasteiger partial charge in [0.2, 0.25) is 0 Å². The van der Waals surface area contributed by atoms with Gasteiger partial charge in [-0.25, -0.2) is 14.2 Å². The van der Waals surface area contributed by atoms with Crippen molar-refractivity contribution in [3.8, 4) is 0 Å². The van der Waals surface area contributed by atoms with Crippen LogP contribution in [0, 0.1) is 12.7 Å². The molecule has 7 nitrogen and oxygen atoms in total. The van der Waals surface area contributed by atoms with Crippen LogP contribution in [0.2, 0.25) is 0 Å². The van der Waals surface area contributed by atoms with Crippen LogP contribution in [0.5, 0.6) is 0 Å². The van der Waals surface area contributed by atoms with Crippen molar-refractivity contribution in [1.29, 1.82) is 0 Å². The van der Waals surface area contributed by atoms with E-state index in [4.69, 9.17) is 0 Å². The van der Waals surface area contributed by atoms with Crippen molar-refractivity contribution >= 4 is 11.0 Å². The van der Waals surface area contributed by atoms with Crippen LogP contribution in [-0.4, -0.2) is 36.7 Å². The first-order valence-electron chi connectivity index (χ1n) is 9.46. The second-order valence-electron chi connectivity index (χ2n) is 7.59. The minimum atomic E-state index is -0.306. The van der Waals surface area contributed by atoms with E-state index < -0.39 is 0 Å². The van der Waals surface area contributed by atoms with Crippen molar-refractivity contribution in [1.82, 2.24) is 23.6 Å². The Hall–Kier alpha value is -2.74. The molecule has 1 fully saturated rings. The maximum absolute atomic E-state index is 13.4. The summed E-state index contributed by atoms with van der Waals surface area (Å²) < 4.78 is 18.2. The van der Waals surface area contributed by atoms with Gasteiger partial charge in [0.25, 0.3) is 5.56 Å². The Bertz CT molecular complexity index is 1160. The van der Waals surface area contributed by atoms with Crippen LogP contribution in [0.25, 0.3) is 11.0 Å². The molecule has 0 N–H and O–H groups in total. The minimum Gasteiger partial charge on any atom is -0.326 e. The summed E-state index contributed by atoms with van der Waals surface area (Å²) in [6.45, 7) is 3.99. The molecule has 1 aliphatic heterocycles. The van der Waals surface area contributed by atoms with Crippen LogP contribution in [0.1, 0.15) is 30.1 Å². The number of nitrogens with zero attached hydrogens (tertiary/aromatic N) is 5. The lowest BCUT2D eigenvalue weighted by atomic mass is 10.0. The lowest BCUT2D eigenvalue weighted by molar-refractivity contribution is 0.170. The fraction of sp³-hybridized carbons (Fsp3) is 0.450. The largest absolute Gasteiger partial charge is 0.330 e. The zero-order valence-corrected chi connectivity index (χ0v) is 16.4. The van der Waals surface area contributed by atoms with E-state index in [-0.39, 0.29) is 23.1 Å². The average Bonchev–Trinajstić information content (AvgIpc) is 3.11. The summed E-state index contributed by atoms with van der Waals surface area (Å²) in [5.74, 6) is -0.288. The molecule has 1 saturated heterocycles. The van der Waals surface area contributed by atoms with Crippen LogP contribution >= 0.6 is 0 Å². The van der Waals surface area contributed by atoms with Crippen LogP contribution in [-0.2, 0) is 20.6 Å². The molecule has 0 bridgehead atoms. The van der Waals surface area contributed by atoms with Crippen LogP contribution < -0.4 is 11.2 Å². The second kappa shape index (κ2) is 7.01. The van der Waals surface area contributed by atoms with E-state index in [1.54, 1.807) is 19.4 Å². The zero-order chi connectivity index (χ0) is 20.0. The molecule has 2 aromatic heterocycles. The van der Waals surface area contributed by atoms with Gasteiger partial charge < -0.3 is 9.13 Å². The van der Waals surface area contributed by atoms with Gasteiger partial charge in [-0.2, -0.15) is 0 Å². The smallest absolute Gasteiger partial charge is 0.326 e. The maximum atomic E-state index is 13.4. The number of halogens is 1. The van der Waals surface area contributed by atoms with Crippen molar-refractivity contribution in [2.75, 3.05) is 13.1 Å². The van der Waals surface area contributed by atoms with E-state index in [0.717, 1.165) is 31.4 Å². The molecule has 1 aromatic carbocycles. The number of imidazole rings is 1. The predicted octanol–water partition coefficient (Wildman–Crippen LogP) is 1.72. The molecule has 0 saturated carbocycles. The van der Waals surface area contributed by atoms with Crippen molar-refractivity contribution in [2.45, 2.75) is 32.4 Å². The molecule has 0 radical (unpaired) electrons. The number of hydrogen-bond acceptors (Lipinski definition) is 4. The summed E-state index contributed by atoms with van der Waals surface area (Å²) in [7, 11) is 3.21. The van der Waals surface area contributed by atoms with E-state index >= 15 is 0 Å². The molecule has 0 spiro atoms. The Kier molecular flexibility index (Phi) is 4.66. The minimum absolute atomic E-state index is 0.209. The predicted molar refractivity (Wildman–Crippen MR) is 105 cm³/mol. The summed E-state index contributed by atoms with van der Waals surface area (Å²) in [5, 5.41) is 0. The van der Waals surface area contributed by atoms with E-state index in [1.807, 2.05) is 6.92 Å². The molecule has 8 heteroatoms. The third-order valence-corrected chi connectivity index (χ3v) is 5.87. The SMILES string of the molecule is Cc1c(CN2CCCC(n3cnc4cc(F)ccc43)C2)c(=O)n(C)c(=O)n1C. The Morgan fingerprint density at radius 1 is 1.21 bits per heavy atom. The summed E-state index contributed by atoms with van der Waals surface area (Å²) in [6.07, 6.45) is 3.77. The maximum Gasteiger partial charge on any atom is 0.330 e. The van der Waals surface area contributed by atoms with E-state index in [1.165, 1.54) is 28.3 Å². The summed E-state index contributed by atoms with van der Waals surface area (Å²) in [5.41, 5.74) is 2.40. The van der Waals surface area contributed by atoms with E-state index in [9.17, 15) is 14.0 Å². The molecule has 28 heavy (non-hydrogen) atoms. The molecule has 148 valence electrons. The Labute approximate surface area is 161 Å². The van der Waals surface area contributed by atoms with Crippen LogP contribution in [0.3, 0.4) is 0 Å². The fourth-order valence-corrected chi connectivity index (χ4v) is 4.12.